The molecule has 0 spiro atoms. The van der Waals surface area contributed by atoms with Gasteiger partial charge in [0, 0.05) is 26.4 Å². The van der Waals surface area contributed by atoms with E-state index in [1.165, 1.54) is 16.7 Å². The first-order valence-corrected chi connectivity index (χ1v) is 16.9. The highest BCUT2D eigenvalue weighted by atomic mass is 35.5. The van der Waals surface area contributed by atoms with E-state index < -0.39 is 17.7 Å². The van der Waals surface area contributed by atoms with Gasteiger partial charge in [0.2, 0.25) is 5.13 Å². The van der Waals surface area contributed by atoms with Crippen LogP contribution in [0.15, 0.2) is 101 Å². The number of ether oxygens (including phenoxy) is 1. The fourth-order valence-electron chi connectivity index (χ4n) is 4.96. The van der Waals surface area contributed by atoms with E-state index >= 15 is 0 Å². The van der Waals surface area contributed by atoms with Crippen LogP contribution >= 0.6 is 57.9 Å². The summed E-state index contributed by atoms with van der Waals surface area (Å²) in [5, 5.41) is 21.7. The second-order valence-corrected chi connectivity index (χ2v) is 13.8. The largest absolute Gasteiger partial charge is 0.507 e. The van der Waals surface area contributed by atoms with Crippen molar-refractivity contribution in [3.05, 3.63) is 139 Å². The first-order chi connectivity index (χ1) is 22.2. The van der Waals surface area contributed by atoms with E-state index in [-0.39, 0.29) is 16.5 Å². The molecular weight excluding hydrogens is 685 g/mol. The molecule has 1 fully saturated rings. The minimum absolute atomic E-state index is 0.0850. The third-order valence-corrected chi connectivity index (χ3v) is 10.3. The van der Waals surface area contributed by atoms with Gasteiger partial charge in [0.05, 0.1) is 11.6 Å². The molecule has 6 rings (SSSR count). The van der Waals surface area contributed by atoms with Crippen molar-refractivity contribution < 1.29 is 19.4 Å². The minimum Gasteiger partial charge on any atom is -0.507 e. The lowest BCUT2D eigenvalue weighted by Crippen LogP contribution is -2.29. The number of hydrogen-bond acceptors (Lipinski definition) is 8. The summed E-state index contributed by atoms with van der Waals surface area (Å²) in [6, 6.07) is 25.7. The molecule has 4 aromatic carbocycles. The number of aliphatic hydroxyl groups is 1. The zero-order valence-electron chi connectivity index (χ0n) is 24.1. The highest BCUT2D eigenvalue weighted by Crippen LogP contribution is 2.44. The summed E-state index contributed by atoms with van der Waals surface area (Å²) >= 11 is 21.2. The maximum absolute atomic E-state index is 13.6. The van der Waals surface area contributed by atoms with Crippen LogP contribution < -0.4 is 9.64 Å². The standard InChI is InChI=1S/C34H24Cl3N3O4S2/c1-19-5-2-3-6-22(19)17-44-26-13-10-20(11-14-26)30(41)28-29(21-7-4-8-24(35)15-21)40(32(43)31(28)42)33-38-39-34(46-33)45-18-23-9-12-25(36)16-27(23)37/h2-16,29,41H,17-18H2,1H3. The molecule has 232 valence electrons. The molecule has 12 heteroatoms. The van der Waals surface area contributed by atoms with Gasteiger partial charge in [-0.2, -0.15) is 0 Å². The van der Waals surface area contributed by atoms with Crippen LogP contribution in [0, 0.1) is 6.92 Å². The molecule has 1 N–H and O–H groups in total. The Morgan fingerprint density at radius 3 is 2.41 bits per heavy atom. The first kappa shape index (κ1) is 32.1. The molecule has 0 radical (unpaired) electrons. The van der Waals surface area contributed by atoms with E-state index in [4.69, 9.17) is 39.5 Å². The molecule has 1 unspecified atom stereocenters. The summed E-state index contributed by atoms with van der Waals surface area (Å²) in [6.45, 7) is 2.40. The van der Waals surface area contributed by atoms with Crippen molar-refractivity contribution >= 4 is 80.5 Å². The van der Waals surface area contributed by atoms with Crippen molar-refractivity contribution in [1.29, 1.82) is 0 Å². The maximum Gasteiger partial charge on any atom is 0.301 e. The lowest BCUT2D eigenvalue weighted by Gasteiger charge is -2.22. The van der Waals surface area contributed by atoms with Gasteiger partial charge >= 0.3 is 5.91 Å². The smallest absolute Gasteiger partial charge is 0.301 e. The lowest BCUT2D eigenvalue weighted by atomic mass is 9.95. The topological polar surface area (TPSA) is 92.6 Å². The van der Waals surface area contributed by atoms with Gasteiger partial charge in [-0.25, -0.2) is 0 Å². The number of carbonyl (C=O) groups is 2. The Balaban J connectivity index is 1.30. The summed E-state index contributed by atoms with van der Waals surface area (Å²) in [5.74, 6) is -0.928. The van der Waals surface area contributed by atoms with Gasteiger partial charge in [0.25, 0.3) is 5.78 Å². The van der Waals surface area contributed by atoms with Crippen LogP contribution in [-0.4, -0.2) is 27.0 Å². The van der Waals surface area contributed by atoms with Crippen molar-refractivity contribution in [1.82, 2.24) is 10.2 Å². The molecule has 1 amide bonds. The van der Waals surface area contributed by atoms with Gasteiger partial charge < -0.3 is 9.84 Å². The van der Waals surface area contributed by atoms with E-state index in [1.54, 1.807) is 60.7 Å². The quantitative estimate of drug-likeness (QED) is 0.0537. The molecule has 1 aromatic heterocycles. The number of carbonyl (C=O) groups excluding carboxylic acids is 2. The first-order valence-electron chi connectivity index (χ1n) is 13.9. The van der Waals surface area contributed by atoms with E-state index in [1.807, 2.05) is 37.3 Å². The number of amides is 1. The number of rotatable bonds is 9. The van der Waals surface area contributed by atoms with Gasteiger partial charge in [-0.1, -0.05) is 100 Å². The van der Waals surface area contributed by atoms with Crippen LogP contribution in [0.4, 0.5) is 5.13 Å². The van der Waals surface area contributed by atoms with Crippen molar-refractivity contribution in [2.45, 2.75) is 29.7 Å². The summed E-state index contributed by atoms with van der Waals surface area (Å²) < 4.78 is 6.51. The van der Waals surface area contributed by atoms with Crippen molar-refractivity contribution in [2.24, 2.45) is 0 Å². The fourth-order valence-corrected chi connectivity index (χ4v) is 7.58. The number of aromatic nitrogens is 2. The van der Waals surface area contributed by atoms with Gasteiger partial charge in [0.1, 0.15) is 18.1 Å². The normalized spacial score (nSPS) is 15.8. The molecule has 1 atom stereocenters. The molecule has 1 aliphatic rings. The average molecular weight is 709 g/mol. The molecule has 1 aliphatic heterocycles. The number of ketones is 1. The van der Waals surface area contributed by atoms with Crippen LogP contribution in [0.1, 0.15) is 33.9 Å². The predicted molar refractivity (Wildman–Crippen MR) is 184 cm³/mol. The van der Waals surface area contributed by atoms with Crippen LogP contribution in [0.5, 0.6) is 5.75 Å². The molecular formula is C34H24Cl3N3O4S2. The zero-order chi connectivity index (χ0) is 32.4. The number of halogens is 3. The predicted octanol–water partition coefficient (Wildman–Crippen LogP) is 9.30. The number of benzene rings is 4. The number of nitrogens with zero attached hydrogens (tertiary/aromatic N) is 3. The lowest BCUT2D eigenvalue weighted by molar-refractivity contribution is -0.132. The van der Waals surface area contributed by atoms with Gasteiger partial charge in [0.15, 0.2) is 4.34 Å². The summed E-state index contributed by atoms with van der Waals surface area (Å²) in [5.41, 5.74) is 3.83. The molecule has 46 heavy (non-hydrogen) atoms. The second-order valence-electron chi connectivity index (χ2n) is 10.3. The van der Waals surface area contributed by atoms with Crippen LogP contribution in [-0.2, 0) is 21.9 Å². The Bertz CT molecular complexity index is 1980. The Morgan fingerprint density at radius 1 is 0.913 bits per heavy atom. The Kier molecular flexibility index (Phi) is 9.67. The number of anilines is 1. The van der Waals surface area contributed by atoms with E-state index in [9.17, 15) is 14.7 Å². The number of hydrogen-bond donors (Lipinski definition) is 1. The Hall–Kier alpha value is -3.86. The summed E-state index contributed by atoms with van der Waals surface area (Å²) in [7, 11) is 0. The third-order valence-electron chi connectivity index (χ3n) is 7.36. The van der Waals surface area contributed by atoms with Crippen LogP contribution in [0.3, 0.4) is 0 Å². The number of Topliss-reactive ketones (excluding diaryl/α,β-unsaturated/α-hetero) is 1. The molecule has 1 saturated heterocycles. The molecule has 2 heterocycles. The molecule has 0 aliphatic carbocycles. The third kappa shape index (κ3) is 6.79. The number of aliphatic hydroxyl groups excluding tert-OH is 1. The highest BCUT2D eigenvalue weighted by Gasteiger charge is 2.48. The van der Waals surface area contributed by atoms with Gasteiger partial charge in [-0.05, 0) is 77.7 Å². The maximum atomic E-state index is 13.6. The molecule has 5 aromatic rings. The van der Waals surface area contributed by atoms with E-state index in [2.05, 4.69) is 10.2 Å². The average Bonchev–Trinajstić information content (AvgIpc) is 3.61. The summed E-state index contributed by atoms with van der Waals surface area (Å²) in [4.78, 5) is 28.4. The SMILES string of the molecule is Cc1ccccc1COc1ccc(C(O)=C2C(=O)C(=O)N(c3nnc(SCc4ccc(Cl)cc4Cl)s3)C2c2cccc(Cl)c2)cc1. The van der Waals surface area contributed by atoms with Gasteiger partial charge in [-0.15, -0.1) is 10.2 Å². The highest BCUT2D eigenvalue weighted by molar-refractivity contribution is 8.00. The zero-order valence-corrected chi connectivity index (χ0v) is 28.0. The molecule has 0 bridgehead atoms. The molecule has 7 nitrogen and oxygen atoms in total. The number of thioether (sulfide) groups is 1. The van der Waals surface area contributed by atoms with Crippen LogP contribution in [0.25, 0.3) is 5.76 Å². The fraction of sp³-hybridized carbons (Fsp3) is 0.118. The Labute approximate surface area is 288 Å². The van der Waals surface area contributed by atoms with Crippen LogP contribution in [0.2, 0.25) is 15.1 Å². The minimum atomic E-state index is -0.993. The Morgan fingerprint density at radius 2 is 1.67 bits per heavy atom. The van der Waals surface area contributed by atoms with E-state index in [0.29, 0.717) is 48.6 Å². The van der Waals surface area contributed by atoms with Crippen molar-refractivity contribution in [2.75, 3.05) is 4.90 Å². The van der Waals surface area contributed by atoms with E-state index in [0.717, 1.165) is 28.0 Å². The monoisotopic (exact) mass is 707 g/mol. The van der Waals surface area contributed by atoms with Gasteiger partial charge in [-0.3, -0.25) is 14.5 Å². The summed E-state index contributed by atoms with van der Waals surface area (Å²) in [6.07, 6.45) is 0. The number of aryl methyl sites for hydroxylation is 1. The second kappa shape index (κ2) is 13.9. The van der Waals surface area contributed by atoms with Crippen molar-refractivity contribution in [3.63, 3.8) is 0 Å². The molecule has 0 saturated carbocycles. The van der Waals surface area contributed by atoms with Crippen molar-refractivity contribution in [3.8, 4) is 5.75 Å².